The Balaban J connectivity index is 0.000000555. The van der Waals surface area contributed by atoms with E-state index in [0.717, 1.165) is 27.6 Å². The number of para-hydroxylation sites is 1. The van der Waals surface area contributed by atoms with Gasteiger partial charge in [-0.15, -0.1) is 0 Å². The topological polar surface area (TPSA) is 76.5 Å². The normalized spacial score (nSPS) is 11.1. The molecule has 4 aromatic rings. The third kappa shape index (κ3) is 8.06. The van der Waals surface area contributed by atoms with Crippen LogP contribution in [0.15, 0.2) is 95.9 Å². The van der Waals surface area contributed by atoms with Crippen molar-refractivity contribution in [1.29, 1.82) is 0 Å². The fraction of sp³-hybridized carbons (Fsp3) is 0.143. The molecule has 0 spiro atoms. The molecule has 36 heavy (non-hydrogen) atoms. The van der Waals surface area contributed by atoms with E-state index in [-0.39, 0.29) is 32.7 Å². The minimum Gasteiger partial charge on any atom is -0.493 e. The van der Waals surface area contributed by atoms with Crippen LogP contribution in [0.3, 0.4) is 0 Å². The van der Waals surface area contributed by atoms with Gasteiger partial charge in [-0.1, -0.05) is 48.5 Å². The summed E-state index contributed by atoms with van der Waals surface area (Å²) in [4.78, 5) is 4.12. The predicted molar refractivity (Wildman–Crippen MR) is 148 cm³/mol. The molecular weight excluding hydrogens is 584 g/mol. The Morgan fingerprint density at radius 3 is 1.72 bits per heavy atom. The number of benzene rings is 3. The summed E-state index contributed by atoms with van der Waals surface area (Å²) in [6.45, 7) is 5.99. The summed E-state index contributed by atoms with van der Waals surface area (Å²) in [6.07, 6.45) is 0. The summed E-state index contributed by atoms with van der Waals surface area (Å²) in [7, 11) is -4.47. The van der Waals surface area contributed by atoms with Gasteiger partial charge in [0.05, 0.1) is 7.11 Å². The fourth-order valence-corrected chi connectivity index (χ4v) is 7.91. The zero-order chi connectivity index (χ0) is 24.7. The number of hydrogen-bond acceptors (Lipinski definition) is 4. The smallest absolute Gasteiger partial charge is 0.298 e. The molecule has 1 atom stereocenters. The van der Waals surface area contributed by atoms with Crippen LogP contribution in [0.25, 0.3) is 0 Å². The summed E-state index contributed by atoms with van der Waals surface area (Å²) in [5.74, 6) is 0.704. The van der Waals surface area contributed by atoms with Crippen LogP contribution >= 0.6 is 7.92 Å². The van der Waals surface area contributed by atoms with Crippen LogP contribution in [0.1, 0.15) is 17.0 Å². The molecule has 5 nitrogen and oxygen atoms in total. The second-order valence-electron chi connectivity index (χ2n) is 7.78. The van der Waals surface area contributed by atoms with Gasteiger partial charge in [-0.05, 0) is 68.8 Å². The molecule has 0 fully saturated rings. The minimum absolute atomic E-state index is 0. The number of aryl methyl sites for hydroxylation is 3. The van der Waals surface area contributed by atoms with E-state index in [9.17, 15) is 13.0 Å². The third-order valence-electron chi connectivity index (χ3n) is 5.25. The van der Waals surface area contributed by atoms with E-state index in [1.165, 1.54) is 6.07 Å². The van der Waals surface area contributed by atoms with Gasteiger partial charge in [-0.2, -0.15) is 8.42 Å². The molecule has 1 aromatic heterocycles. The van der Waals surface area contributed by atoms with Crippen LogP contribution in [-0.2, 0) is 30.5 Å². The molecule has 0 aliphatic heterocycles. The summed E-state index contributed by atoms with van der Waals surface area (Å²) >= 11 is 0. The Hall–Kier alpha value is -2.39. The average molecular weight is 616 g/mol. The minimum atomic E-state index is -4.34. The summed E-state index contributed by atoms with van der Waals surface area (Å²) in [5, 5.41) is 2.60. The number of pyridine rings is 1. The van der Waals surface area contributed by atoms with Crippen molar-refractivity contribution in [2.24, 2.45) is 0 Å². The van der Waals surface area contributed by atoms with Crippen molar-refractivity contribution in [1.82, 2.24) is 4.98 Å². The van der Waals surface area contributed by atoms with E-state index >= 15 is 0 Å². The first kappa shape index (κ1) is 31.6. The quantitative estimate of drug-likeness (QED) is 0.150. The Morgan fingerprint density at radius 2 is 1.22 bits per heavy atom. The van der Waals surface area contributed by atoms with Gasteiger partial charge < -0.3 is 12.2 Å². The second-order valence-corrected chi connectivity index (χ2v) is 11.5. The third-order valence-corrected chi connectivity index (χ3v) is 9.37. The average Bonchev–Trinajstić information content (AvgIpc) is 2.81. The zero-order valence-electron chi connectivity index (χ0n) is 21.0. The maximum atomic E-state index is 12.0. The maximum Gasteiger partial charge on any atom is 0.298 e. The van der Waals surface area contributed by atoms with Crippen LogP contribution in [0, 0.1) is 28.2 Å². The SMILES string of the molecule is COc1ccccc1[PH+](c1ccccc1C)c1ccccc1S(=O)(=O)O.Cc1cccc(C)n1.[CH3-].[Pd]. The monoisotopic (exact) mass is 615 g/mol. The molecule has 0 bridgehead atoms. The first-order chi connectivity index (χ1) is 16.2. The van der Waals surface area contributed by atoms with E-state index in [1.54, 1.807) is 25.3 Å². The zero-order valence-corrected chi connectivity index (χ0v) is 24.4. The van der Waals surface area contributed by atoms with Crippen molar-refractivity contribution >= 4 is 34.0 Å². The molecule has 1 heterocycles. The van der Waals surface area contributed by atoms with Gasteiger partial charge >= 0.3 is 0 Å². The van der Waals surface area contributed by atoms with Gasteiger partial charge in [-0.3, -0.25) is 9.54 Å². The van der Waals surface area contributed by atoms with E-state index in [0.29, 0.717) is 11.1 Å². The number of methoxy groups -OCH3 is 1. The number of aromatic nitrogens is 1. The molecule has 194 valence electrons. The van der Waals surface area contributed by atoms with Crippen LogP contribution in [0.4, 0.5) is 0 Å². The fourth-order valence-electron chi connectivity index (χ4n) is 3.72. The van der Waals surface area contributed by atoms with E-state index in [1.807, 2.05) is 87.5 Å². The molecule has 0 amide bonds. The molecule has 3 aromatic carbocycles. The Kier molecular flexibility index (Phi) is 12.6. The first-order valence-electron chi connectivity index (χ1n) is 10.8. The Morgan fingerprint density at radius 1 is 0.722 bits per heavy atom. The van der Waals surface area contributed by atoms with Gasteiger partial charge in [-0.25, -0.2) is 0 Å². The largest absolute Gasteiger partial charge is 0.493 e. The molecule has 0 saturated heterocycles. The van der Waals surface area contributed by atoms with Crippen molar-refractivity contribution in [2.75, 3.05) is 7.11 Å². The van der Waals surface area contributed by atoms with Crippen molar-refractivity contribution < 1.29 is 38.1 Å². The summed E-state index contributed by atoms with van der Waals surface area (Å²) in [6, 6.07) is 28.2. The van der Waals surface area contributed by atoms with E-state index in [2.05, 4.69) is 4.98 Å². The van der Waals surface area contributed by atoms with Crippen molar-refractivity contribution in [2.45, 2.75) is 25.7 Å². The summed E-state index contributed by atoms with van der Waals surface area (Å²) < 4.78 is 39.3. The molecule has 4 rings (SSSR count). The van der Waals surface area contributed by atoms with Gasteiger partial charge in [0.15, 0.2) is 5.75 Å². The second kappa shape index (κ2) is 14.4. The van der Waals surface area contributed by atoms with Crippen molar-refractivity contribution in [3.8, 4) is 5.75 Å². The van der Waals surface area contributed by atoms with Crippen LogP contribution < -0.4 is 20.7 Å². The molecule has 8 heteroatoms. The number of hydrogen-bond donors (Lipinski definition) is 1. The molecule has 0 radical (unpaired) electrons. The van der Waals surface area contributed by atoms with Gasteiger partial charge in [0.1, 0.15) is 28.7 Å². The predicted octanol–water partition coefficient (Wildman–Crippen LogP) is 4.89. The molecule has 0 saturated carbocycles. The maximum absolute atomic E-state index is 12.0. The number of rotatable bonds is 5. The molecule has 0 aliphatic rings. The number of ether oxygens (including phenoxy) is 1. The molecular formula is C28H32NO4PPdS. The van der Waals surface area contributed by atoms with E-state index < -0.39 is 18.0 Å². The Labute approximate surface area is 230 Å². The van der Waals surface area contributed by atoms with Crippen LogP contribution in [0.2, 0.25) is 0 Å². The van der Waals surface area contributed by atoms with Gasteiger partial charge in [0.25, 0.3) is 10.1 Å². The number of nitrogens with zero attached hydrogens (tertiary/aromatic N) is 1. The van der Waals surface area contributed by atoms with Gasteiger partial charge in [0.2, 0.25) is 0 Å². The summed E-state index contributed by atoms with van der Waals surface area (Å²) in [5.41, 5.74) is 3.24. The standard InChI is InChI=1S/C20H19O4PS.C7H9N.CH3.Pd/c1-15-9-3-5-11-17(15)25(18-12-6-4-10-16(18)24-2)19-13-7-8-14-20(19)26(21,22)23;1-6-4-3-5-7(2)8-6;;/h3-14H,1-2H3,(H,21,22,23);3-5H,1-2H3;1H3;/q;;-1;/p+1. The molecule has 1 N–H and O–H groups in total. The molecule has 1 unspecified atom stereocenters. The van der Waals surface area contributed by atoms with Crippen molar-refractivity contribution in [3.05, 3.63) is 115 Å². The van der Waals surface area contributed by atoms with Crippen LogP contribution in [0.5, 0.6) is 5.75 Å². The molecule has 0 aliphatic carbocycles. The van der Waals surface area contributed by atoms with E-state index in [4.69, 9.17) is 4.74 Å². The first-order valence-corrected chi connectivity index (χ1v) is 13.7. The van der Waals surface area contributed by atoms with Gasteiger partial charge in [0, 0.05) is 31.8 Å². The van der Waals surface area contributed by atoms with Crippen molar-refractivity contribution in [3.63, 3.8) is 0 Å². The van der Waals surface area contributed by atoms with Crippen LogP contribution in [-0.4, -0.2) is 25.1 Å². The Bertz CT molecular complexity index is 1360.